The molecule has 0 aliphatic heterocycles. The molecule has 0 atom stereocenters. The smallest absolute Gasteiger partial charge is 0.123 e. The molecule has 3 heteroatoms. The minimum atomic E-state index is 0.233. The SMILES string of the molecule is Cn1c(/C=C/c2cc(OCc3ccccc3)ccc2O)cc2ccccc21. The van der Waals surface area contributed by atoms with Crippen LogP contribution in [0.1, 0.15) is 16.8 Å². The molecular formula is C24H21NO2. The maximum absolute atomic E-state index is 10.2. The molecule has 134 valence electrons. The number of hydrogen-bond donors (Lipinski definition) is 1. The molecule has 4 aromatic rings. The Morgan fingerprint density at radius 2 is 1.67 bits per heavy atom. The van der Waals surface area contributed by atoms with Gasteiger partial charge in [0.1, 0.15) is 18.1 Å². The first-order chi connectivity index (χ1) is 13.2. The van der Waals surface area contributed by atoms with E-state index in [1.165, 1.54) is 10.9 Å². The Kier molecular flexibility index (Phi) is 4.67. The molecular weight excluding hydrogens is 334 g/mol. The highest BCUT2D eigenvalue weighted by Crippen LogP contribution is 2.26. The number of rotatable bonds is 5. The highest BCUT2D eigenvalue weighted by atomic mass is 16.5. The Bertz CT molecular complexity index is 1090. The standard InChI is InChI=1S/C24H21NO2/c1-25-21(15-19-9-5-6-10-23(19)25)12-11-20-16-22(13-14-24(20)26)27-17-18-7-3-2-4-8-18/h2-16,26H,17H2,1H3/b12-11+. The van der Waals surface area contributed by atoms with Gasteiger partial charge in [-0.3, -0.25) is 0 Å². The third-order valence-electron chi connectivity index (χ3n) is 4.67. The van der Waals surface area contributed by atoms with Crippen LogP contribution in [-0.2, 0) is 13.7 Å². The van der Waals surface area contributed by atoms with Crippen molar-refractivity contribution in [3.8, 4) is 11.5 Å². The topological polar surface area (TPSA) is 34.4 Å². The van der Waals surface area contributed by atoms with E-state index in [2.05, 4.69) is 22.8 Å². The highest BCUT2D eigenvalue weighted by molar-refractivity contribution is 5.85. The van der Waals surface area contributed by atoms with Crippen LogP contribution in [-0.4, -0.2) is 9.67 Å². The molecule has 0 saturated carbocycles. The molecule has 0 aliphatic rings. The molecule has 27 heavy (non-hydrogen) atoms. The first-order valence-corrected chi connectivity index (χ1v) is 8.93. The van der Waals surface area contributed by atoms with Gasteiger partial charge >= 0.3 is 0 Å². The largest absolute Gasteiger partial charge is 0.507 e. The lowest BCUT2D eigenvalue weighted by molar-refractivity contribution is 0.305. The van der Waals surface area contributed by atoms with Crippen LogP contribution in [0.2, 0.25) is 0 Å². The molecule has 0 aliphatic carbocycles. The number of nitrogens with zero attached hydrogens (tertiary/aromatic N) is 1. The van der Waals surface area contributed by atoms with Crippen molar-refractivity contribution < 1.29 is 9.84 Å². The highest BCUT2D eigenvalue weighted by Gasteiger charge is 2.04. The summed E-state index contributed by atoms with van der Waals surface area (Å²) in [7, 11) is 2.04. The zero-order chi connectivity index (χ0) is 18.6. The van der Waals surface area contributed by atoms with Crippen molar-refractivity contribution in [3.63, 3.8) is 0 Å². The molecule has 0 bridgehead atoms. The maximum Gasteiger partial charge on any atom is 0.123 e. The molecule has 1 heterocycles. The van der Waals surface area contributed by atoms with E-state index < -0.39 is 0 Å². The summed E-state index contributed by atoms with van der Waals surface area (Å²) in [6, 6.07) is 25.8. The van der Waals surface area contributed by atoms with Gasteiger partial charge in [-0.25, -0.2) is 0 Å². The fourth-order valence-corrected chi connectivity index (χ4v) is 3.14. The number of aryl methyl sites for hydroxylation is 1. The summed E-state index contributed by atoms with van der Waals surface area (Å²) >= 11 is 0. The Balaban J connectivity index is 1.55. The fraction of sp³-hybridized carbons (Fsp3) is 0.0833. The van der Waals surface area contributed by atoms with Crippen LogP contribution in [0.4, 0.5) is 0 Å². The number of fused-ring (bicyclic) bond motifs is 1. The third-order valence-corrected chi connectivity index (χ3v) is 4.67. The van der Waals surface area contributed by atoms with Gasteiger partial charge < -0.3 is 14.4 Å². The van der Waals surface area contributed by atoms with E-state index in [1.54, 1.807) is 12.1 Å². The molecule has 3 nitrogen and oxygen atoms in total. The van der Waals surface area contributed by atoms with Gasteiger partial charge in [0, 0.05) is 29.2 Å². The minimum absolute atomic E-state index is 0.233. The summed E-state index contributed by atoms with van der Waals surface area (Å²) in [6.45, 7) is 0.498. The van der Waals surface area contributed by atoms with Crippen molar-refractivity contribution in [2.75, 3.05) is 0 Å². The molecule has 0 fully saturated rings. The second-order valence-corrected chi connectivity index (χ2v) is 6.52. The van der Waals surface area contributed by atoms with Crippen LogP contribution in [0, 0.1) is 0 Å². The van der Waals surface area contributed by atoms with E-state index in [4.69, 9.17) is 4.74 Å². The summed E-state index contributed by atoms with van der Waals surface area (Å²) in [5.74, 6) is 0.963. The quantitative estimate of drug-likeness (QED) is 0.503. The van der Waals surface area contributed by atoms with E-state index in [9.17, 15) is 5.11 Å². The van der Waals surface area contributed by atoms with Crippen molar-refractivity contribution in [1.82, 2.24) is 4.57 Å². The molecule has 0 saturated heterocycles. The van der Waals surface area contributed by atoms with E-state index >= 15 is 0 Å². The number of phenolic OH excluding ortho intramolecular Hbond substituents is 1. The second-order valence-electron chi connectivity index (χ2n) is 6.52. The molecule has 0 amide bonds. The molecule has 1 N–H and O–H groups in total. The van der Waals surface area contributed by atoms with E-state index in [0.717, 1.165) is 22.6 Å². The van der Waals surface area contributed by atoms with Crippen molar-refractivity contribution in [2.45, 2.75) is 6.61 Å². The number of phenols is 1. The van der Waals surface area contributed by atoms with Gasteiger partial charge in [-0.15, -0.1) is 0 Å². The van der Waals surface area contributed by atoms with Gasteiger partial charge in [0.2, 0.25) is 0 Å². The van der Waals surface area contributed by atoms with Crippen molar-refractivity contribution in [1.29, 1.82) is 0 Å². The number of ether oxygens (including phenoxy) is 1. The normalized spacial score (nSPS) is 11.3. The van der Waals surface area contributed by atoms with E-state index in [0.29, 0.717) is 6.61 Å². The zero-order valence-corrected chi connectivity index (χ0v) is 15.2. The number of aromatic nitrogens is 1. The molecule has 0 radical (unpaired) electrons. The Morgan fingerprint density at radius 1 is 0.889 bits per heavy atom. The molecule has 0 unspecified atom stereocenters. The molecule has 3 aromatic carbocycles. The monoisotopic (exact) mass is 355 g/mol. The Hall–Kier alpha value is -3.46. The van der Waals surface area contributed by atoms with Gasteiger partial charge in [-0.05, 0) is 48.0 Å². The fourth-order valence-electron chi connectivity index (χ4n) is 3.14. The predicted octanol–water partition coefficient (Wildman–Crippen LogP) is 5.63. The minimum Gasteiger partial charge on any atom is -0.507 e. The lowest BCUT2D eigenvalue weighted by atomic mass is 10.1. The Labute approximate surface area is 158 Å². The van der Waals surface area contributed by atoms with Gasteiger partial charge in [-0.2, -0.15) is 0 Å². The predicted molar refractivity (Wildman–Crippen MR) is 111 cm³/mol. The van der Waals surface area contributed by atoms with Gasteiger partial charge in [0.15, 0.2) is 0 Å². The average molecular weight is 355 g/mol. The summed E-state index contributed by atoms with van der Waals surface area (Å²) in [5, 5.41) is 11.4. The molecule has 1 aromatic heterocycles. The van der Waals surface area contributed by atoms with Crippen molar-refractivity contribution in [3.05, 3.63) is 95.7 Å². The maximum atomic E-state index is 10.2. The molecule has 0 spiro atoms. The lowest BCUT2D eigenvalue weighted by Crippen LogP contribution is -1.95. The second kappa shape index (κ2) is 7.42. The number of hydrogen-bond acceptors (Lipinski definition) is 2. The number of benzene rings is 3. The van der Waals surface area contributed by atoms with Crippen LogP contribution in [0.25, 0.3) is 23.1 Å². The molecule has 4 rings (SSSR count). The van der Waals surface area contributed by atoms with Crippen LogP contribution < -0.4 is 4.74 Å². The summed E-state index contributed by atoms with van der Waals surface area (Å²) in [6.07, 6.45) is 3.93. The summed E-state index contributed by atoms with van der Waals surface area (Å²) in [5.41, 5.74) is 4.09. The van der Waals surface area contributed by atoms with Gasteiger partial charge in [0.05, 0.1) is 0 Å². The van der Waals surface area contributed by atoms with E-state index in [1.807, 2.05) is 67.7 Å². The van der Waals surface area contributed by atoms with Crippen LogP contribution in [0.3, 0.4) is 0 Å². The van der Waals surface area contributed by atoms with Crippen LogP contribution in [0.5, 0.6) is 11.5 Å². The number of para-hydroxylation sites is 1. The summed E-state index contributed by atoms with van der Waals surface area (Å²) in [4.78, 5) is 0. The number of aromatic hydroxyl groups is 1. The first kappa shape index (κ1) is 17.0. The van der Waals surface area contributed by atoms with Crippen LogP contribution >= 0.6 is 0 Å². The van der Waals surface area contributed by atoms with Crippen molar-refractivity contribution in [2.24, 2.45) is 7.05 Å². The lowest BCUT2D eigenvalue weighted by Gasteiger charge is -2.08. The van der Waals surface area contributed by atoms with Crippen molar-refractivity contribution >= 4 is 23.1 Å². The summed E-state index contributed by atoms with van der Waals surface area (Å²) < 4.78 is 8.00. The Morgan fingerprint density at radius 3 is 2.48 bits per heavy atom. The third kappa shape index (κ3) is 3.72. The average Bonchev–Trinajstić information content (AvgIpc) is 3.03. The van der Waals surface area contributed by atoms with Gasteiger partial charge in [-0.1, -0.05) is 48.5 Å². The zero-order valence-electron chi connectivity index (χ0n) is 15.2. The van der Waals surface area contributed by atoms with Gasteiger partial charge in [0.25, 0.3) is 0 Å². The van der Waals surface area contributed by atoms with Crippen LogP contribution in [0.15, 0.2) is 78.9 Å². The first-order valence-electron chi connectivity index (χ1n) is 8.93. The van der Waals surface area contributed by atoms with E-state index in [-0.39, 0.29) is 5.75 Å².